The van der Waals surface area contributed by atoms with E-state index < -0.39 is 12.0 Å². The Hall–Kier alpha value is -0.550. The van der Waals surface area contributed by atoms with Gasteiger partial charge in [-0.05, 0) is 6.42 Å². The smallest absolute Gasteiger partial charge is 0.320 e. The number of carboxylic acid groups (broad SMARTS) is 1. The molecule has 0 fully saturated rings. The van der Waals surface area contributed by atoms with Crippen LogP contribution >= 0.6 is 0 Å². The summed E-state index contributed by atoms with van der Waals surface area (Å²) in [5.74, 6) is -0.884. The van der Waals surface area contributed by atoms with Crippen molar-refractivity contribution in [2.24, 2.45) is 5.73 Å². The van der Waals surface area contributed by atoms with E-state index in [-0.39, 0.29) is 0 Å². The number of carboxylic acids is 1. The van der Waals surface area contributed by atoms with Crippen molar-refractivity contribution in [1.82, 2.24) is 0 Å². The van der Waals surface area contributed by atoms with Gasteiger partial charge in [0.05, 0.1) is 0 Å². The Kier molecular flexibility index (Phi) is 14.1. The summed E-state index contributed by atoms with van der Waals surface area (Å²) in [5.41, 5.74) is 5.33. The molecule has 1 atom stereocenters. The van der Waals surface area contributed by atoms with Crippen LogP contribution < -0.4 is 5.73 Å². The minimum absolute atomic E-state index is 0.610. The largest absolute Gasteiger partial charge is 0.480 e. The maximum atomic E-state index is 10.3. The number of aliphatic carboxylic acids is 1. The van der Waals surface area contributed by atoms with Crippen LogP contribution in [0.15, 0.2) is 0 Å². The van der Waals surface area contributed by atoms with Crippen LogP contribution in [0.5, 0.6) is 0 Å². The Balaban J connectivity index is 0. The van der Waals surface area contributed by atoms with Crippen LogP contribution in [-0.4, -0.2) is 17.1 Å². The molecule has 5 heteroatoms. The Morgan fingerprint density at radius 2 is 1.86 bits per heavy atom. The van der Waals surface area contributed by atoms with Gasteiger partial charge in [0.1, 0.15) is 6.04 Å². The van der Waals surface area contributed by atoms with Crippen molar-refractivity contribution in [1.29, 1.82) is 4.78 Å². The van der Waals surface area contributed by atoms with Crippen molar-refractivity contribution in [2.45, 2.75) is 51.5 Å². The number of nitrogens with two attached hydrogens (primary N) is 1. The standard InChI is InChI=1S/C9H19NO2.HNS/c1-2-3-4-5-6-7-8(10)9(11)12;1-2/h8H,2-7,10H2,1H3,(H,11,12);1H. The van der Waals surface area contributed by atoms with Crippen LogP contribution in [0.1, 0.15) is 45.4 Å². The summed E-state index contributed by atoms with van der Waals surface area (Å²) >= 11 is 3.33. The van der Waals surface area contributed by atoms with E-state index >= 15 is 0 Å². The van der Waals surface area contributed by atoms with Crippen LogP contribution in [-0.2, 0) is 17.2 Å². The molecule has 0 radical (unpaired) electrons. The molecule has 0 aromatic rings. The Morgan fingerprint density at radius 1 is 1.36 bits per heavy atom. The van der Waals surface area contributed by atoms with Gasteiger partial charge in [-0.25, -0.2) is 4.78 Å². The highest BCUT2D eigenvalue weighted by Gasteiger charge is 2.09. The molecular formula is C9H20N2O2S. The predicted octanol–water partition coefficient (Wildman–Crippen LogP) is 2.05. The van der Waals surface area contributed by atoms with Crippen LogP contribution in [0.2, 0.25) is 0 Å². The van der Waals surface area contributed by atoms with Gasteiger partial charge in [0.25, 0.3) is 0 Å². The maximum absolute atomic E-state index is 10.3. The number of unbranched alkanes of at least 4 members (excludes halogenated alkanes) is 4. The highest BCUT2D eigenvalue weighted by atomic mass is 32.1. The van der Waals surface area contributed by atoms with Gasteiger partial charge >= 0.3 is 5.97 Å². The zero-order chi connectivity index (χ0) is 11.4. The van der Waals surface area contributed by atoms with E-state index in [4.69, 9.17) is 15.6 Å². The van der Waals surface area contributed by atoms with Gasteiger partial charge in [-0.15, -0.1) is 0 Å². The molecule has 0 aromatic heterocycles. The summed E-state index contributed by atoms with van der Waals surface area (Å²) < 4.78 is 5.33. The summed E-state index contributed by atoms with van der Waals surface area (Å²) in [6.45, 7) is 2.16. The highest BCUT2D eigenvalue weighted by Crippen LogP contribution is 2.06. The first kappa shape index (κ1) is 15.9. The van der Waals surface area contributed by atoms with Crippen molar-refractivity contribution < 1.29 is 9.90 Å². The van der Waals surface area contributed by atoms with Gasteiger partial charge in [0.15, 0.2) is 0 Å². The molecule has 14 heavy (non-hydrogen) atoms. The average molecular weight is 220 g/mol. The first-order chi connectivity index (χ1) is 6.68. The van der Waals surface area contributed by atoms with Crippen LogP contribution in [0.25, 0.3) is 0 Å². The first-order valence-corrected chi connectivity index (χ1v) is 5.28. The molecule has 4 N–H and O–H groups in total. The van der Waals surface area contributed by atoms with E-state index in [2.05, 4.69) is 19.3 Å². The van der Waals surface area contributed by atoms with Crippen LogP contribution in [0.3, 0.4) is 0 Å². The van der Waals surface area contributed by atoms with Gasteiger partial charge in [-0.2, -0.15) is 0 Å². The SMILES string of the molecule is CCCCCCCC(N)C(=O)O.N=S. The molecule has 4 nitrogen and oxygen atoms in total. The molecule has 0 aliphatic rings. The molecule has 0 aromatic carbocycles. The minimum Gasteiger partial charge on any atom is -0.480 e. The van der Waals surface area contributed by atoms with E-state index in [0.717, 1.165) is 12.8 Å². The summed E-state index contributed by atoms with van der Waals surface area (Å²) in [6, 6.07) is -0.661. The molecule has 0 spiro atoms. The van der Waals surface area contributed by atoms with E-state index in [9.17, 15) is 4.79 Å². The Labute approximate surface area is 90.8 Å². The fourth-order valence-electron chi connectivity index (χ4n) is 1.09. The zero-order valence-electron chi connectivity index (χ0n) is 8.66. The van der Waals surface area contributed by atoms with Gasteiger partial charge in [0.2, 0.25) is 0 Å². The fraction of sp³-hybridized carbons (Fsp3) is 0.889. The van der Waals surface area contributed by atoms with E-state index in [1.165, 1.54) is 19.3 Å². The molecule has 0 rings (SSSR count). The normalized spacial score (nSPS) is 11.3. The van der Waals surface area contributed by atoms with Gasteiger partial charge in [0, 0.05) is 12.4 Å². The highest BCUT2D eigenvalue weighted by molar-refractivity contribution is 7.45. The number of rotatable bonds is 7. The summed E-state index contributed by atoms with van der Waals surface area (Å²) in [6.07, 6.45) is 6.30. The molecular weight excluding hydrogens is 200 g/mol. The molecule has 0 amide bonds. The fourth-order valence-corrected chi connectivity index (χ4v) is 1.09. The maximum Gasteiger partial charge on any atom is 0.320 e. The lowest BCUT2D eigenvalue weighted by atomic mass is 10.1. The quantitative estimate of drug-likeness (QED) is 0.573. The zero-order valence-corrected chi connectivity index (χ0v) is 9.48. The van der Waals surface area contributed by atoms with E-state index in [1.54, 1.807) is 0 Å². The van der Waals surface area contributed by atoms with Crippen molar-refractivity contribution in [3.8, 4) is 0 Å². The Bertz CT molecular complexity index is 145. The van der Waals surface area contributed by atoms with Crippen LogP contribution in [0.4, 0.5) is 0 Å². The monoisotopic (exact) mass is 220 g/mol. The molecule has 0 heterocycles. The van der Waals surface area contributed by atoms with Gasteiger partial charge in [-0.1, -0.05) is 39.0 Å². The molecule has 0 saturated carbocycles. The number of carbonyl (C=O) groups is 1. The second-order valence-corrected chi connectivity index (χ2v) is 3.15. The number of nitrogens with one attached hydrogen (secondary N) is 1. The van der Waals surface area contributed by atoms with Gasteiger partial charge < -0.3 is 10.8 Å². The number of hydrogen-bond acceptors (Lipinski definition) is 4. The molecule has 0 bridgehead atoms. The Morgan fingerprint density at radius 3 is 2.29 bits per heavy atom. The van der Waals surface area contributed by atoms with E-state index in [1.807, 2.05) is 0 Å². The summed E-state index contributed by atoms with van der Waals surface area (Å²) in [7, 11) is 0. The topological polar surface area (TPSA) is 87.2 Å². The van der Waals surface area contributed by atoms with Crippen molar-refractivity contribution >= 4 is 18.4 Å². The molecule has 1 unspecified atom stereocenters. The lowest BCUT2D eigenvalue weighted by Gasteiger charge is -2.04. The average Bonchev–Trinajstić information content (AvgIpc) is 2.20. The van der Waals surface area contributed by atoms with Gasteiger partial charge in [-0.3, -0.25) is 4.79 Å². The second-order valence-electron chi connectivity index (χ2n) is 3.15. The van der Waals surface area contributed by atoms with Crippen molar-refractivity contribution in [3.63, 3.8) is 0 Å². The first-order valence-electron chi connectivity index (χ1n) is 4.87. The van der Waals surface area contributed by atoms with E-state index in [0.29, 0.717) is 6.42 Å². The molecule has 0 aliphatic heterocycles. The summed E-state index contributed by atoms with van der Waals surface area (Å²) in [5, 5.41) is 8.46. The third-order valence-electron chi connectivity index (χ3n) is 1.94. The van der Waals surface area contributed by atoms with Crippen LogP contribution in [0, 0.1) is 4.78 Å². The second kappa shape index (κ2) is 12.4. The number of hydrogen-bond donors (Lipinski definition) is 3. The summed E-state index contributed by atoms with van der Waals surface area (Å²) in [4.78, 5) is 10.3. The molecule has 0 saturated heterocycles. The molecule has 0 aliphatic carbocycles. The molecule has 84 valence electrons. The lowest BCUT2D eigenvalue weighted by Crippen LogP contribution is -2.29. The predicted molar refractivity (Wildman–Crippen MR) is 59.1 cm³/mol. The van der Waals surface area contributed by atoms with Crippen molar-refractivity contribution in [3.05, 3.63) is 0 Å². The third-order valence-corrected chi connectivity index (χ3v) is 1.94. The third kappa shape index (κ3) is 11.4. The minimum atomic E-state index is -0.884. The van der Waals surface area contributed by atoms with Crippen molar-refractivity contribution in [2.75, 3.05) is 0 Å². The lowest BCUT2D eigenvalue weighted by molar-refractivity contribution is -0.138.